The van der Waals surface area contributed by atoms with Crippen molar-refractivity contribution in [2.24, 2.45) is 0 Å². The molecule has 0 saturated heterocycles. The second kappa shape index (κ2) is 9.43. The zero-order valence-electron chi connectivity index (χ0n) is 20.0. The fraction of sp³-hybridized carbons (Fsp3) is 0.138. The number of rotatable bonds is 8. The van der Waals surface area contributed by atoms with Crippen LogP contribution in [0, 0.1) is 0 Å². The molecule has 178 valence electrons. The number of hydrogen-bond acceptors (Lipinski definition) is 5. The number of nitrogens with zero attached hydrogens (tertiary/aromatic N) is 3. The fourth-order valence-electron chi connectivity index (χ4n) is 4.50. The van der Waals surface area contributed by atoms with E-state index in [1.807, 2.05) is 24.5 Å². The zero-order chi connectivity index (χ0) is 24.5. The Morgan fingerprint density at radius 3 is 2.86 bits per heavy atom. The molecule has 3 N–H and O–H groups in total. The number of nitrogens with one attached hydrogen (secondary N) is 3. The van der Waals surface area contributed by atoms with Gasteiger partial charge in [0.05, 0.1) is 28.8 Å². The van der Waals surface area contributed by atoms with Crippen molar-refractivity contribution in [3.8, 4) is 33.8 Å². The van der Waals surface area contributed by atoms with E-state index in [1.54, 1.807) is 11.3 Å². The smallest absolute Gasteiger partial charge is 0.135 e. The van der Waals surface area contributed by atoms with Crippen LogP contribution in [0.25, 0.3) is 55.7 Å². The molecule has 0 aliphatic heterocycles. The molecule has 0 unspecified atom stereocenters. The topological polar surface area (TPSA) is 82.3 Å². The van der Waals surface area contributed by atoms with Crippen molar-refractivity contribution in [2.75, 3.05) is 5.32 Å². The van der Waals surface area contributed by atoms with Gasteiger partial charge >= 0.3 is 0 Å². The van der Waals surface area contributed by atoms with Crippen LogP contribution in [-0.4, -0.2) is 25.1 Å². The maximum atomic E-state index is 4.99. The fourth-order valence-corrected chi connectivity index (χ4v) is 5.16. The SMILES string of the molecule is C=C(CCCC)Nc1cncc(-c2ccc3[nH]nc(-c4cc5c(-c6ccsc6)cccc5[nH]4)c3n2)c1. The van der Waals surface area contributed by atoms with Crippen molar-refractivity contribution < 1.29 is 0 Å². The average Bonchev–Trinajstić information content (AvgIpc) is 3.66. The summed E-state index contributed by atoms with van der Waals surface area (Å²) in [6.07, 6.45) is 6.86. The molecule has 0 saturated carbocycles. The minimum Gasteiger partial charge on any atom is -0.358 e. The van der Waals surface area contributed by atoms with E-state index < -0.39 is 0 Å². The lowest BCUT2D eigenvalue weighted by Gasteiger charge is -2.10. The number of hydrogen-bond donors (Lipinski definition) is 3. The van der Waals surface area contributed by atoms with Crippen molar-refractivity contribution in [1.29, 1.82) is 0 Å². The monoisotopic (exact) mass is 490 g/mol. The molecule has 0 amide bonds. The van der Waals surface area contributed by atoms with Crippen molar-refractivity contribution in [3.05, 3.63) is 84.0 Å². The van der Waals surface area contributed by atoms with Gasteiger partial charge in [-0.3, -0.25) is 10.1 Å². The number of pyridine rings is 2. The Hall–Kier alpha value is -4.23. The minimum absolute atomic E-state index is 0.800. The summed E-state index contributed by atoms with van der Waals surface area (Å²) in [5.41, 5.74) is 10.6. The van der Waals surface area contributed by atoms with Crippen LogP contribution in [0.1, 0.15) is 26.2 Å². The molecule has 5 aromatic heterocycles. The van der Waals surface area contributed by atoms with E-state index in [4.69, 9.17) is 4.98 Å². The van der Waals surface area contributed by atoms with E-state index >= 15 is 0 Å². The Labute approximate surface area is 213 Å². The first kappa shape index (κ1) is 22.2. The van der Waals surface area contributed by atoms with Gasteiger partial charge in [-0.15, -0.1) is 0 Å². The van der Waals surface area contributed by atoms with Crippen molar-refractivity contribution in [3.63, 3.8) is 0 Å². The Kier molecular flexibility index (Phi) is 5.83. The molecule has 0 atom stereocenters. The number of H-pyrrole nitrogens is 2. The largest absolute Gasteiger partial charge is 0.358 e. The number of aromatic amines is 2. The third kappa shape index (κ3) is 4.18. The molecular formula is C29H26N6S. The van der Waals surface area contributed by atoms with E-state index in [0.29, 0.717) is 0 Å². The Balaban J connectivity index is 1.37. The number of allylic oxidation sites excluding steroid dienone is 1. The summed E-state index contributed by atoms with van der Waals surface area (Å²) in [5, 5.41) is 16.6. The van der Waals surface area contributed by atoms with E-state index in [1.165, 1.54) is 16.5 Å². The highest BCUT2D eigenvalue weighted by molar-refractivity contribution is 7.08. The number of thiophene rings is 1. The molecule has 6 rings (SSSR count). The number of aromatic nitrogens is 5. The molecule has 6 nitrogen and oxygen atoms in total. The molecule has 0 bridgehead atoms. The second-order valence-corrected chi connectivity index (χ2v) is 9.70. The molecule has 36 heavy (non-hydrogen) atoms. The summed E-state index contributed by atoms with van der Waals surface area (Å²) >= 11 is 1.70. The van der Waals surface area contributed by atoms with Gasteiger partial charge in [0.1, 0.15) is 11.2 Å². The van der Waals surface area contributed by atoms with Crippen LogP contribution in [0.2, 0.25) is 0 Å². The number of unbranched alkanes of at least 4 members (excludes halogenated alkanes) is 1. The summed E-state index contributed by atoms with van der Waals surface area (Å²) in [5.74, 6) is 0. The first-order valence-electron chi connectivity index (χ1n) is 12.1. The molecule has 7 heteroatoms. The number of benzene rings is 1. The zero-order valence-corrected chi connectivity index (χ0v) is 20.8. The normalized spacial score (nSPS) is 11.4. The van der Waals surface area contributed by atoms with Gasteiger partial charge < -0.3 is 10.3 Å². The third-order valence-corrected chi connectivity index (χ3v) is 7.03. The third-order valence-electron chi connectivity index (χ3n) is 6.35. The summed E-state index contributed by atoms with van der Waals surface area (Å²) in [4.78, 5) is 13.0. The molecule has 0 aliphatic rings. The van der Waals surface area contributed by atoms with E-state index in [0.717, 1.165) is 69.8 Å². The lowest BCUT2D eigenvalue weighted by atomic mass is 10.0. The first-order chi connectivity index (χ1) is 17.7. The highest BCUT2D eigenvalue weighted by Gasteiger charge is 2.15. The number of anilines is 1. The lowest BCUT2D eigenvalue weighted by molar-refractivity contribution is 0.791. The van der Waals surface area contributed by atoms with Gasteiger partial charge in [0, 0.05) is 28.4 Å². The summed E-state index contributed by atoms with van der Waals surface area (Å²) in [6, 6.07) is 16.7. The Morgan fingerprint density at radius 2 is 2.00 bits per heavy atom. The van der Waals surface area contributed by atoms with Crippen LogP contribution >= 0.6 is 11.3 Å². The van der Waals surface area contributed by atoms with Gasteiger partial charge in [-0.05, 0) is 71.1 Å². The molecule has 0 spiro atoms. The maximum absolute atomic E-state index is 4.99. The van der Waals surface area contributed by atoms with Crippen molar-refractivity contribution in [1.82, 2.24) is 25.1 Å². The van der Waals surface area contributed by atoms with Crippen LogP contribution in [0.4, 0.5) is 5.69 Å². The van der Waals surface area contributed by atoms with Crippen LogP contribution in [0.5, 0.6) is 0 Å². The maximum Gasteiger partial charge on any atom is 0.135 e. The van der Waals surface area contributed by atoms with Gasteiger partial charge in [-0.2, -0.15) is 16.4 Å². The predicted molar refractivity (Wildman–Crippen MR) is 150 cm³/mol. The standard InChI is InChI=1S/C29H26N6S/c1-3-4-6-18(2)31-21-13-20(15-30-16-21)24-9-10-26-28(33-24)29(35-34-26)27-14-23-22(19-11-12-36-17-19)7-5-8-25(23)32-27/h5,7-17,31-32H,2-4,6H2,1H3,(H,34,35). The van der Waals surface area contributed by atoms with E-state index in [9.17, 15) is 0 Å². The molecule has 0 radical (unpaired) electrons. The Morgan fingerprint density at radius 1 is 1.06 bits per heavy atom. The minimum atomic E-state index is 0.800. The van der Waals surface area contributed by atoms with Gasteiger partial charge in [-0.1, -0.05) is 32.1 Å². The molecular weight excluding hydrogens is 464 g/mol. The van der Waals surface area contributed by atoms with Gasteiger partial charge in [0.2, 0.25) is 0 Å². The van der Waals surface area contributed by atoms with Crippen LogP contribution in [0.3, 0.4) is 0 Å². The molecule has 0 aliphatic carbocycles. The highest BCUT2D eigenvalue weighted by atomic mass is 32.1. The highest BCUT2D eigenvalue weighted by Crippen LogP contribution is 2.35. The second-order valence-electron chi connectivity index (χ2n) is 8.92. The predicted octanol–water partition coefficient (Wildman–Crippen LogP) is 8.01. The molecule has 0 fully saturated rings. The van der Waals surface area contributed by atoms with Crippen molar-refractivity contribution >= 4 is 39.0 Å². The summed E-state index contributed by atoms with van der Waals surface area (Å²) in [6.45, 7) is 6.32. The average molecular weight is 491 g/mol. The van der Waals surface area contributed by atoms with Gasteiger partial charge in [-0.25, -0.2) is 4.98 Å². The van der Waals surface area contributed by atoms with Crippen molar-refractivity contribution in [2.45, 2.75) is 26.2 Å². The van der Waals surface area contributed by atoms with E-state index in [2.05, 4.69) is 86.1 Å². The molecule has 5 heterocycles. The molecule has 6 aromatic rings. The van der Waals surface area contributed by atoms with Crippen LogP contribution in [-0.2, 0) is 0 Å². The van der Waals surface area contributed by atoms with E-state index in [-0.39, 0.29) is 0 Å². The number of fused-ring (bicyclic) bond motifs is 2. The first-order valence-corrected chi connectivity index (χ1v) is 13.0. The summed E-state index contributed by atoms with van der Waals surface area (Å²) < 4.78 is 0. The van der Waals surface area contributed by atoms with Crippen LogP contribution < -0.4 is 5.32 Å². The quantitative estimate of drug-likeness (QED) is 0.202. The summed E-state index contributed by atoms with van der Waals surface area (Å²) in [7, 11) is 0. The van der Waals surface area contributed by atoms with Gasteiger partial charge in [0.25, 0.3) is 0 Å². The van der Waals surface area contributed by atoms with Crippen LogP contribution in [0.15, 0.2) is 84.0 Å². The van der Waals surface area contributed by atoms with Gasteiger partial charge in [0.15, 0.2) is 0 Å². The molecule has 1 aromatic carbocycles. The lowest BCUT2D eigenvalue weighted by Crippen LogP contribution is -1.99. The Bertz CT molecular complexity index is 1680.